The number of nitrogens with one attached hydrogen (secondary N) is 3. The number of thiophene rings is 1. The number of carbonyl (C=O) groups is 2. The normalized spacial score (nSPS) is 10.1. The molecule has 2 rings (SSSR count). The first-order chi connectivity index (χ1) is 10.2. The lowest BCUT2D eigenvalue weighted by Gasteiger charge is -2.03. The fourth-order valence-corrected chi connectivity index (χ4v) is 2.12. The Morgan fingerprint density at radius 1 is 1.48 bits per heavy atom. The maximum Gasteiger partial charge on any atom is 0.337 e. The minimum atomic E-state index is -0.277. The van der Waals surface area contributed by atoms with E-state index in [0.29, 0.717) is 11.5 Å². The Morgan fingerprint density at radius 2 is 2.33 bits per heavy atom. The summed E-state index contributed by atoms with van der Waals surface area (Å²) in [5.41, 5.74) is 0. The van der Waals surface area contributed by atoms with E-state index in [1.54, 1.807) is 12.1 Å². The molecule has 9 heteroatoms. The highest BCUT2D eigenvalue weighted by Gasteiger charge is 2.09. The van der Waals surface area contributed by atoms with Gasteiger partial charge in [0.2, 0.25) is 11.9 Å². The highest BCUT2D eigenvalue weighted by Crippen LogP contribution is 2.08. The summed E-state index contributed by atoms with van der Waals surface area (Å²) in [5, 5.41) is 13.3. The number of nitrogens with zero attached hydrogens (tertiary/aromatic N) is 2. The van der Waals surface area contributed by atoms with Crippen LogP contribution in [0.25, 0.3) is 0 Å². The van der Waals surface area contributed by atoms with E-state index in [0.717, 1.165) is 0 Å². The van der Waals surface area contributed by atoms with Gasteiger partial charge in [0.05, 0.1) is 11.5 Å². The van der Waals surface area contributed by atoms with E-state index in [9.17, 15) is 9.59 Å². The second-order valence-corrected chi connectivity index (χ2v) is 4.88. The lowest BCUT2D eigenvalue weighted by atomic mass is 10.3. The van der Waals surface area contributed by atoms with Crippen LogP contribution in [0.4, 0.5) is 5.95 Å². The Kier molecular flexibility index (Phi) is 5.27. The molecular formula is C12H15N5O3S. The summed E-state index contributed by atoms with van der Waals surface area (Å²) in [6, 6.07) is 3.70. The fourth-order valence-electron chi connectivity index (χ4n) is 1.47. The average Bonchev–Trinajstić information content (AvgIpc) is 3.10. The van der Waals surface area contributed by atoms with Gasteiger partial charge in [0.1, 0.15) is 0 Å². The number of aromatic amines is 1. The van der Waals surface area contributed by atoms with Gasteiger partial charge in [-0.1, -0.05) is 6.07 Å². The number of hydrogen-bond donors (Lipinski definition) is 3. The molecule has 0 aliphatic carbocycles. The van der Waals surface area contributed by atoms with E-state index in [4.69, 9.17) is 4.74 Å². The zero-order chi connectivity index (χ0) is 15.1. The van der Waals surface area contributed by atoms with Crippen molar-refractivity contribution in [3.05, 3.63) is 22.4 Å². The molecule has 0 aliphatic rings. The number of carbonyl (C=O) groups excluding carboxylic acids is 2. The predicted molar refractivity (Wildman–Crippen MR) is 77.5 cm³/mol. The van der Waals surface area contributed by atoms with Gasteiger partial charge in [0.15, 0.2) is 0 Å². The Balaban J connectivity index is 1.70. The number of rotatable bonds is 7. The van der Waals surface area contributed by atoms with E-state index < -0.39 is 0 Å². The minimum absolute atomic E-state index is 0.141. The SMILES string of the molecule is CCOc1n[nH]c(NC(=O)CCNC(=O)c2cccs2)n1. The van der Waals surface area contributed by atoms with Crippen LogP contribution in [0.2, 0.25) is 0 Å². The molecule has 0 fully saturated rings. The number of H-pyrrole nitrogens is 1. The Morgan fingerprint density at radius 3 is 3.05 bits per heavy atom. The number of anilines is 1. The molecule has 3 N–H and O–H groups in total. The second kappa shape index (κ2) is 7.39. The maximum atomic E-state index is 11.7. The second-order valence-electron chi connectivity index (χ2n) is 3.93. The van der Waals surface area contributed by atoms with E-state index in [2.05, 4.69) is 25.8 Å². The molecular weight excluding hydrogens is 294 g/mol. The molecule has 0 spiro atoms. The molecule has 0 aromatic carbocycles. The van der Waals surface area contributed by atoms with Gasteiger partial charge in [0.25, 0.3) is 5.91 Å². The molecule has 2 heterocycles. The van der Waals surface area contributed by atoms with Crippen LogP contribution in [-0.4, -0.2) is 40.1 Å². The van der Waals surface area contributed by atoms with Crippen molar-refractivity contribution in [3.63, 3.8) is 0 Å². The smallest absolute Gasteiger partial charge is 0.337 e. The molecule has 2 aromatic rings. The summed E-state index contributed by atoms with van der Waals surface area (Å²) in [7, 11) is 0. The summed E-state index contributed by atoms with van der Waals surface area (Å²) in [6.45, 7) is 2.50. The Bertz CT molecular complexity index is 596. The van der Waals surface area contributed by atoms with E-state index in [1.807, 2.05) is 12.3 Å². The molecule has 0 bridgehead atoms. The molecule has 112 valence electrons. The molecule has 2 aromatic heterocycles. The van der Waals surface area contributed by atoms with E-state index >= 15 is 0 Å². The van der Waals surface area contributed by atoms with Crippen molar-refractivity contribution in [1.82, 2.24) is 20.5 Å². The fraction of sp³-hybridized carbons (Fsp3) is 0.333. The van der Waals surface area contributed by atoms with Crippen molar-refractivity contribution in [2.75, 3.05) is 18.5 Å². The summed E-state index contributed by atoms with van der Waals surface area (Å²) in [4.78, 5) is 27.8. The van der Waals surface area contributed by atoms with Crippen LogP contribution in [0.1, 0.15) is 23.0 Å². The zero-order valence-corrected chi connectivity index (χ0v) is 12.2. The first-order valence-corrected chi connectivity index (χ1v) is 7.23. The highest BCUT2D eigenvalue weighted by molar-refractivity contribution is 7.12. The molecule has 0 saturated carbocycles. The standard InChI is InChI=1S/C12H15N5O3S/c1-2-20-12-15-11(16-17-12)14-9(18)5-6-13-10(19)8-4-3-7-21-8/h3-4,7H,2,5-6H2,1H3,(H,13,19)(H2,14,15,16,17,18). The lowest BCUT2D eigenvalue weighted by molar-refractivity contribution is -0.116. The zero-order valence-electron chi connectivity index (χ0n) is 11.4. The van der Waals surface area contributed by atoms with Gasteiger partial charge >= 0.3 is 6.01 Å². The molecule has 8 nitrogen and oxygen atoms in total. The Labute approximate surface area is 124 Å². The van der Waals surface area contributed by atoms with Crippen molar-refractivity contribution in [3.8, 4) is 6.01 Å². The molecule has 0 aliphatic heterocycles. The summed E-state index contributed by atoms with van der Waals surface area (Å²) in [6.07, 6.45) is 0.141. The molecule has 0 saturated heterocycles. The van der Waals surface area contributed by atoms with Crippen LogP contribution in [0.3, 0.4) is 0 Å². The van der Waals surface area contributed by atoms with E-state index in [1.165, 1.54) is 11.3 Å². The third kappa shape index (κ3) is 4.56. The molecule has 2 amide bonds. The quantitative estimate of drug-likeness (QED) is 0.707. The molecule has 0 radical (unpaired) electrons. The topological polar surface area (TPSA) is 109 Å². The van der Waals surface area contributed by atoms with Gasteiger partial charge in [-0.2, -0.15) is 4.98 Å². The van der Waals surface area contributed by atoms with Crippen molar-refractivity contribution in [2.24, 2.45) is 0 Å². The number of hydrogen-bond acceptors (Lipinski definition) is 6. The third-order valence-corrected chi connectivity index (χ3v) is 3.25. The lowest BCUT2D eigenvalue weighted by Crippen LogP contribution is -2.27. The van der Waals surface area contributed by atoms with Gasteiger partial charge < -0.3 is 10.1 Å². The molecule has 21 heavy (non-hydrogen) atoms. The average molecular weight is 309 g/mol. The van der Waals surface area contributed by atoms with Crippen LogP contribution in [-0.2, 0) is 4.79 Å². The van der Waals surface area contributed by atoms with Gasteiger partial charge in [-0.3, -0.25) is 14.9 Å². The van der Waals surface area contributed by atoms with E-state index in [-0.39, 0.29) is 36.7 Å². The minimum Gasteiger partial charge on any atom is -0.463 e. The number of amides is 2. The van der Waals surface area contributed by atoms with Gasteiger partial charge in [-0.05, 0) is 18.4 Å². The largest absolute Gasteiger partial charge is 0.463 e. The van der Waals surface area contributed by atoms with Gasteiger partial charge in [-0.15, -0.1) is 16.4 Å². The first-order valence-electron chi connectivity index (χ1n) is 6.35. The van der Waals surface area contributed by atoms with Crippen LogP contribution in [0.5, 0.6) is 6.01 Å². The van der Waals surface area contributed by atoms with Crippen LogP contribution < -0.4 is 15.4 Å². The summed E-state index contributed by atoms with van der Waals surface area (Å²) in [5.74, 6) is -0.246. The predicted octanol–water partition coefficient (Wildman–Crippen LogP) is 1.02. The van der Waals surface area contributed by atoms with Crippen molar-refractivity contribution in [1.29, 1.82) is 0 Å². The van der Waals surface area contributed by atoms with Crippen LogP contribution in [0.15, 0.2) is 17.5 Å². The Hall–Kier alpha value is -2.42. The van der Waals surface area contributed by atoms with Gasteiger partial charge in [0, 0.05) is 13.0 Å². The molecule has 0 unspecified atom stereocenters. The van der Waals surface area contributed by atoms with Gasteiger partial charge in [-0.25, -0.2) is 5.10 Å². The molecule has 0 atom stereocenters. The highest BCUT2D eigenvalue weighted by atomic mass is 32.1. The number of aromatic nitrogens is 3. The van der Waals surface area contributed by atoms with Crippen molar-refractivity contribution >= 4 is 29.1 Å². The first kappa shape index (κ1) is 15.0. The monoisotopic (exact) mass is 309 g/mol. The maximum absolute atomic E-state index is 11.7. The van der Waals surface area contributed by atoms with Crippen molar-refractivity contribution < 1.29 is 14.3 Å². The van der Waals surface area contributed by atoms with Crippen LogP contribution >= 0.6 is 11.3 Å². The number of ether oxygens (including phenoxy) is 1. The third-order valence-electron chi connectivity index (χ3n) is 2.38. The summed E-state index contributed by atoms with van der Waals surface area (Å²) >= 11 is 1.35. The summed E-state index contributed by atoms with van der Waals surface area (Å²) < 4.78 is 5.06. The van der Waals surface area contributed by atoms with Crippen molar-refractivity contribution in [2.45, 2.75) is 13.3 Å². The van der Waals surface area contributed by atoms with Crippen LogP contribution in [0, 0.1) is 0 Å².